The van der Waals surface area contributed by atoms with Gasteiger partial charge in [0.2, 0.25) is 11.8 Å². The van der Waals surface area contributed by atoms with Crippen molar-refractivity contribution in [2.45, 2.75) is 56.8 Å². The van der Waals surface area contributed by atoms with Gasteiger partial charge in [0.1, 0.15) is 0 Å². The zero-order valence-corrected chi connectivity index (χ0v) is 21.5. The maximum atomic E-state index is 12.3. The highest BCUT2D eigenvalue weighted by Gasteiger charge is 2.25. The lowest BCUT2D eigenvalue weighted by Gasteiger charge is -2.19. The summed E-state index contributed by atoms with van der Waals surface area (Å²) in [6.07, 6.45) is 12.3. The molecule has 0 aliphatic heterocycles. The Labute approximate surface area is 226 Å². The summed E-state index contributed by atoms with van der Waals surface area (Å²) in [7, 11) is 0. The Balaban J connectivity index is 1.17. The molecule has 198 valence electrons. The van der Waals surface area contributed by atoms with Gasteiger partial charge in [-0.1, -0.05) is 25.0 Å². The van der Waals surface area contributed by atoms with E-state index < -0.39 is 0 Å². The van der Waals surface area contributed by atoms with E-state index >= 15 is 0 Å². The second-order valence-electron chi connectivity index (χ2n) is 9.77. The predicted octanol–water partition coefficient (Wildman–Crippen LogP) is 4.25. The van der Waals surface area contributed by atoms with Crippen LogP contribution < -0.4 is 10.6 Å². The van der Waals surface area contributed by atoms with Crippen LogP contribution in [0.3, 0.4) is 0 Å². The first-order chi connectivity index (χ1) is 19.1. The van der Waals surface area contributed by atoms with E-state index in [4.69, 9.17) is 0 Å². The smallest absolute Gasteiger partial charge is 0.230 e. The normalized spacial score (nSPS) is 17.1. The number of nitrogens with zero attached hydrogens (tertiary/aromatic N) is 6. The van der Waals surface area contributed by atoms with E-state index in [9.17, 15) is 9.59 Å². The topological polar surface area (TPSA) is 136 Å². The van der Waals surface area contributed by atoms with Crippen LogP contribution in [0.2, 0.25) is 0 Å². The molecule has 39 heavy (non-hydrogen) atoms. The van der Waals surface area contributed by atoms with Crippen molar-refractivity contribution in [1.82, 2.24) is 30.4 Å². The highest BCUT2D eigenvalue weighted by molar-refractivity contribution is 5.91. The van der Waals surface area contributed by atoms with Gasteiger partial charge < -0.3 is 10.6 Å². The number of hydrogen-bond acceptors (Lipinski definition) is 8. The lowest BCUT2D eigenvalue weighted by molar-refractivity contribution is -0.116. The molecule has 2 atom stereocenters. The fraction of sp³-hybridized carbons (Fsp3) is 0.310. The maximum absolute atomic E-state index is 12.3. The maximum Gasteiger partial charge on any atom is 0.230 e. The number of nitrogens with one attached hydrogen (secondary N) is 2. The molecule has 0 spiro atoms. The van der Waals surface area contributed by atoms with Crippen molar-refractivity contribution in [2.75, 3.05) is 10.6 Å². The van der Waals surface area contributed by atoms with E-state index in [0.29, 0.717) is 11.6 Å². The van der Waals surface area contributed by atoms with Gasteiger partial charge in [-0.15, -0.1) is 10.2 Å². The minimum atomic E-state index is -0.158. The molecule has 10 nitrogen and oxygen atoms in total. The van der Waals surface area contributed by atoms with Gasteiger partial charge in [-0.2, -0.15) is 10.2 Å². The number of pyridine rings is 2. The van der Waals surface area contributed by atoms with E-state index in [1.165, 1.54) is 0 Å². The van der Waals surface area contributed by atoms with Crippen LogP contribution >= 0.6 is 0 Å². The van der Waals surface area contributed by atoms with Crippen molar-refractivity contribution in [3.8, 4) is 0 Å². The lowest BCUT2D eigenvalue weighted by Crippen LogP contribution is -2.17. The van der Waals surface area contributed by atoms with Crippen molar-refractivity contribution < 1.29 is 9.59 Å². The summed E-state index contributed by atoms with van der Waals surface area (Å²) in [5, 5.41) is 23.0. The third-order valence-electron chi connectivity index (χ3n) is 6.84. The average Bonchev–Trinajstić information content (AvgIpc) is 3.21. The Morgan fingerprint density at radius 3 is 1.54 bits per heavy atom. The summed E-state index contributed by atoms with van der Waals surface area (Å²) in [6, 6.07) is 14.9. The Bertz CT molecular complexity index is 1260. The van der Waals surface area contributed by atoms with Crippen molar-refractivity contribution in [1.29, 1.82) is 0 Å². The van der Waals surface area contributed by atoms with Gasteiger partial charge in [0.25, 0.3) is 0 Å². The van der Waals surface area contributed by atoms with Crippen molar-refractivity contribution in [3.05, 3.63) is 95.8 Å². The number of amides is 2. The van der Waals surface area contributed by atoms with Gasteiger partial charge >= 0.3 is 0 Å². The van der Waals surface area contributed by atoms with Crippen molar-refractivity contribution in [3.63, 3.8) is 0 Å². The van der Waals surface area contributed by atoms with Gasteiger partial charge in [-0.3, -0.25) is 19.6 Å². The van der Waals surface area contributed by atoms with Gasteiger partial charge in [0.15, 0.2) is 11.6 Å². The van der Waals surface area contributed by atoms with Crippen LogP contribution in [-0.2, 0) is 22.4 Å². The summed E-state index contributed by atoms with van der Waals surface area (Å²) in [4.78, 5) is 32.7. The summed E-state index contributed by atoms with van der Waals surface area (Å²) in [5.74, 6) is 1.04. The van der Waals surface area contributed by atoms with Gasteiger partial charge in [0.05, 0.1) is 24.2 Å². The minimum Gasteiger partial charge on any atom is -0.309 e. The quantitative estimate of drug-likeness (QED) is 0.328. The molecule has 5 rings (SSSR count). The number of aromatic nitrogens is 6. The molecule has 1 saturated carbocycles. The van der Waals surface area contributed by atoms with Crippen molar-refractivity contribution >= 4 is 23.5 Å². The molecule has 1 fully saturated rings. The molecule has 2 N–H and O–H groups in total. The highest BCUT2D eigenvalue weighted by Crippen LogP contribution is 2.38. The monoisotopic (exact) mass is 522 g/mol. The zero-order valence-electron chi connectivity index (χ0n) is 21.5. The summed E-state index contributed by atoms with van der Waals surface area (Å²) in [5.41, 5.74) is 3.51. The molecule has 4 heterocycles. The molecule has 2 amide bonds. The SMILES string of the molecule is O=C(Cc1cccnc1)Nc1ccc(C2CCCCC(c3ccc(NC(=O)Cc4cccnc4)nn3)C2)nn1. The standard InChI is InChI=1S/C29H30N8O2/c38-28(15-20-5-3-13-30-18-20)32-26-11-9-24(34-36-26)22-7-1-2-8-23(17-22)25-10-12-27(37-35-25)33-29(39)16-21-6-4-14-31-19-21/h3-6,9-14,18-19,22-23H,1-2,7-8,15-17H2,(H,32,36,38)(H,33,37,39). The van der Waals surface area contributed by atoms with Crippen LogP contribution in [0.25, 0.3) is 0 Å². The largest absolute Gasteiger partial charge is 0.309 e. The number of anilines is 2. The molecule has 10 heteroatoms. The van der Waals surface area contributed by atoms with E-state index in [1.807, 2.05) is 36.4 Å². The third kappa shape index (κ3) is 7.47. The van der Waals surface area contributed by atoms with Crippen LogP contribution in [-0.4, -0.2) is 42.2 Å². The molecule has 0 bridgehead atoms. The van der Waals surface area contributed by atoms with E-state index in [2.05, 4.69) is 41.0 Å². The Hall–Kier alpha value is -4.60. The number of hydrogen-bond donors (Lipinski definition) is 2. The molecule has 4 aromatic rings. The minimum absolute atomic E-state index is 0.158. The second-order valence-corrected chi connectivity index (χ2v) is 9.77. The molecule has 0 saturated heterocycles. The Morgan fingerprint density at radius 1 is 0.667 bits per heavy atom. The molecular weight excluding hydrogens is 492 g/mol. The van der Waals surface area contributed by atoms with E-state index in [-0.39, 0.29) is 36.5 Å². The van der Waals surface area contributed by atoms with Gasteiger partial charge in [-0.05, 0) is 66.8 Å². The van der Waals surface area contributed by atoms with Gasteiger partial charge in [0, 0.05) is 36.6 Å². The molecule has 0 aromatic carbocycles. The van der Waals surface area contributed by atoms with Gasteiger partial charge in [-0.25, -0.2) is 0 Å². The number of rotatable bonds is 8. The van der Waals surface area contributed by atoms with Crippen LogP contribution in [0.15, 0.2) is 73.3 Å². The van der Waals surface area contributed by atoms with E-state index in [1.54, 1.807) is 36.9 Å². The molecule has 4 aromatic heterocycles. The molecule has 2 unspecified atom stereocenters. The van der Waals surface area contributed by atoms with E-state index in [0.717, 1.165) is 54.6 Å². The van der Waals surface area contributed by atoms with Crippen LogP contribution in [0.4, 0.5) is 11.6 Å². The molecular formula is C29H30N8O2. The second kappa shape index (κ2) is 12.8. The predicted molar refractivity (Wildman–Crippen MR) is 146 cm³/mol. The third-order valence-corrected chi connectivity index (χ3v) is 6.84. The Kier molecular flexibility index (Phi) is 8.52. The fourth-order valence-corrected chi connectivity index (χ4v) is 4.90. The van der Waals surface area contributed by atoms with Crippen molar-refractivity contribution in [2.24, 2.45) is 0 Å². The summed E-state index contributed by atoms with van der Waals surface area (Å²) < 4.78 is 0. The lowest BCUT2D eigenvalue weighted by atomic mass is 9.88. The van der Waals surface area contributed by atoms with Crippen LogP contribution in [0, 0.1) is 0 Å². The van der Waals surface area contributed by atoms with Crippen LogP contribution in [0.1, 0.15) is 66.5 Å². The summed E-state index contributed by atoms with van der Waals surface area (Å²) >= 11 is 0. The fourth-order valence-electron chi connectivity index (χ4n) is 4.90. The Morgan fingerprint density at radius 2 is 1.15 bits per heavy atom. The number of carbonyl (C=O) groups is 2. The highest BCUT2D eigenvalue weighted by atomic mass is 16.2. The first-order valence-corrected chi connectivity index (χ1v) is 13.2. The average molecular weight is 523 g/mol. The zero-order chi connectivity index (χ0) is 26.9. The first-order valence-electron chi connectivity index (χ1n) is 13.2. The summed E-state index contributed by atoms with van der Waals surface area (Å²) in [6.45, 7) is 0. The molecule has 1 aliphatic rings. The molecule has 0 radical (unpaired) electrons. The first kappa shape index (κ1) is 26.0. The molecule has 1 aliphatic carbocycles. The number of carbonyl (C=O) groups excluding carboxylic acids is 2. The van der Waals surface area contributed by atoms with Crippen LogP contribution in [0.5, 0.6) is 0 Å².